The Morgan fingerprint density at radius 2 is 2.00 bits per heavy atom. The summed E-state index contributed by atoms with van der Waals surface area (Å²) in [5.41, 5.74) is 2.63. The lowest BCUT2D eigenvalue weighted by Crippen LogP contribution is -2.26. The van der Waals surface area contributed by atoms with Crippen molar-refractivity contribution in [3.63, 3.8) is 0 Å². The van der Waals surface area contributed by atoms with Crippen LogP contribution in [-0.4, -0.2) is 26.2 Å². The molecule has 0 radical (unpaired) electrons. The number of carbonyl (C=O) groups excluding carboxylic acids is 1. The van der Waals surface area contributed by atoms with Crippen LogP contribution in [0.5, 0.6) is 0 Å². The lowest BCUT2D eigenvalue weighted by atomic mass is 10.1. The van der Waals surface area contributed by atoms with Gasteiger partial charge in [-0.05, 0) is 37.6 Å². The zero-order valence-corrected chi connectivity index (χ0v) is 19.8. The van der Waals surface area contributed by atoms with Gasteiger partial charge in [0.15, 0.2) is 5.16 Å². The summed E-state index contributed by atoms with van der Waals surface area (Å²) in [5.74, 6) is -0.944. The number of fused-ring (bicyclic) bond motifs is 1. The first-order valence-corrected chi connectivity index (χ1v) is 11.7. The first-order valence-electron chi connectivity index (χ1n) is 9.92. The van der Waals surface area contributed by atoms with Gasteiger partial charge in [-0.3, -0.25) is 14.2 Å². The monoisotopic (exact) mass is 514 g/mol. The van der Waals surface area contributed by atoms with E-state index in [4.69, 9.17) is 4.98 Å². The molecule has 4 aromatic rings. The second kappa shape index (κ2) is 9.30. The number of nitrogens with one attached hydrogen (secondary N) is 2. The SMILES string of the molecule is CC(C)n1c(SCC(=O)Nc2ccc(Br)cc2F)nc2c(-c3ccccc3)c[nH]c2c1=O. The Labute approximate surface area is 196 Å². The van der Waals surface area contributed by atoms with Gasteiger partial charge >= 0.3 is 0 Å². The van der Waals surface area contributed by atoms with Crippen molar-refractivity contribution >= 4 is 50.3 Å². The predicted octanol–water partition coefficient (Wildman–Crippen LogP) is 5.60. The predicted molar refractivity (Wildman–Crippen MR) is 130 cm³/mol. The number of thioether (sulfide) groups is 1. The van der Waals surface area contributed by atoms with Crippen LogP contribution in [0, 0.1) is 5.82 Å². The van der Waals surface area contributed by atoms with Crippen molar-refractivity contribution < 1.29 is 9.18 Å². The van der Waals surface area contributed by atoms with Crippen LogP contribution in [0.4, 0.5) is 10.1 Å². The van der Waals surface area contributed by atoms with Gasteiger partial charge in [-0.2, -0.15) is 0 Å². The Balaban J connectivity index is 1.65. The Hall–Kier alpha value is -2.91. The average molecular weight is 515 g/mol. The fraction of sp³-hybridized carbons (Fsp3) is 0.174. The molecule has 2 N–H and O–H groups in total. The van der Waals surface area contributed by atoms with E-state index in [1.807, 2.05) is 44.2 Å². The zero-order chi connectivity index (χ0) is 22.8. The van der Waals surface area contributed by atoms with Gasteiger partial charge in [-0.15, -0.1) is 0 Å². The maximum Gasteiger partial charge on any atom is 0.278 e. The molecular formula is C23H20BrFN4O2S. The average Bonchev–Trinajstić information content (AvgIpc) is 3.19. The second-order valence-electron chi connectivity index (χ2n) is 7.42. The summed E-state index contributed by atoms with van der Waals surface area (Å²) in [6.07, 6.45) is 1.77. The van der Waals surface area contributed by atoms with Gasteiger partial charge in [-0.25, -0.2) is 9.37 Å². The molecule has 2 aromatic carbocycles. The Kier molecular flexibility index (Phi) is 6.48. The summed E-state index contributed by atoms with van der Waals surface area (Å²) >= 11 is 4.33. The van der Waals surface area contributed by atoms with Crippen LogP contribution in [0.25, 0.3) is 22.2 Å². The van der Waals surface area contributed by atoms with Crippen LogP contribution in [0.3, 0.4) is 0 Å². The number of H-pyrrole nitrogens is 1. The molecular weight excluding hydrogens is 495 g/mol. The summed E-state index contributed by atoms with van der Waals surface area (Å²) in [5, 5.41) is 2.99. The molecule has 32 heavy (non-hydrogen) atoms. The van der Waals surface area contributed by atoms with Crippen molar-refractivity contribution in [1.82, 2.24) is 14.5 Å². The summed E-state index contributed by atoms with van der Waals surface area (Å²) < 4.78 is 16.2. The second-order valence-corrected chi connectivity index (χ2v) is 9.27. The molecule has 164 valence electrons. The molecule has 0 aliphatic carbocycles. The smallest absolute Gasteiger partial charge is 0.278 e. The van der Waals surface area contributed by atoms with E-state index in [9.17, 15) is 14.0 Å². The number of benzene rings is 2. The third-order valence-electron chi connectivity index (χ3n) is 4.84. The molecule has 4 rings (SSSR count). The molecule has 0 fully saturated rings. The third-order valence-corrected chi connectivity index (χ3v) is 6.28. The van der Waals surface area contributed by atoms with E-state index in [1.54, 1.807) is 16.8 Å². The zero-order valence-electron chi connectivity index (χ0n) is 17.4. The number of carbonyl (C=O) groups is 1. The van der Waals surface area contributed by atoms with E-state index in [1.165, 1.54) is 12.1 Å². The maximum absolute atomic E-state index is 14.0. The standard InChI is InChI=1S/C23H20BrFN4O2S/c1-13(2)29-22(31)21-20(16(11-26-21)14-6-4-3-5-7-14)28-23(29)32-12-19(30)27-18-9-8-15(24)10-17(18)25/h3-11,13,26H,12H2,1-2H3,(H,27,30). The fourth-order valence-electron chi connectivity index (χ4n) is 3.35. The normalized spacial score (nSPS) is 11.3. The number of halogens is 2. The summed E-state index contributed by atoms with van der Waals surface area (Å²) in [4.78, 5) is 33.4. The van der Waals surface area contributed by atoms with Crippen molar-refractivity contribution in [3.05, 3.63) is 75.4 Å². The van der Waals surface area contributed by atoms with Gasteiger partial charge in [0.05, 0.1) is 11.4 Å². The molecule has 2 aromatic heterocycles. The first-order chi connectivity index (χ1) is 15.3. The van der Waals surface area contributed by atoms with Crippen LogP contribution in [0.1, 0.15) is 19.9 Å². The molecule has 0 bridgehead atoms. The van der Waals surface area contributed by atoms with E-state index in [2.05, 4.69) is 26.2 Å². The highest BCUT2D eigenvalue weighted by atomic mass is 79.9. The number of anilines is 1. The van der Waals surface area contributed by atoms with E-state index in [0.717, 1.165) is 22.9 Å². The minimum Gasteiger partial charge on any atom is -0.355 e. The number of rotatable bonds is 6. The van der Waals surface area contributed by atoms with Gasteiger partial charge in [0, 0.05) is 22.3 Å². The maximum atomic E-state index is 14.0. The van der Waals surface area contributed by atoms with E-state index >= 15 is 0 Å². The minimum atomic E-state index is -0.531. The highest BCUT2D eigenvalue weighted by Gasteiger charge is 2.19. The van der Waals surface area contributed by atoms with Gasteiger partial charge in [-0.1, -0.05) is 58.0 Å². The quantitative estimate of drug-likeness (QED) is 0.259. The van der Waals surface area contributed by atoms with E-state index in [-0.39, 0.29) is 23.0 Å². The van der Waals surface area contributed by atoms with Gasteiger partial charge in [0.2, 0.25) is 5.91 Å². The topological polar surface area (TPSA) is 79.8 Å². The van der Waals surface area contributed by atoms with Gasteiger partial charge in [0.1, 0.15) is 16.9 Å². The number of aromatic nitrogens is 3. The molecule has 6 nitrogen and oxygen atoms in total. The number of hydrogen-bond acceptors (Lipinski definition) is 4. The highest BCUT2D eigenvalue weighted by molar-refractivity contribution is 9.10. The molecule has 2 heterocycles. The molecule has 9 heteroatoms. The van der Waals surface area contributed by atoms with E-state index in [0.29, 0.717) is 20.7 Å². The molecule has 0 saturated heterocycles. The van der Waals surface area contributed by atoms with Gasteiger partial charge in [0.25, 0.3) is 5.56 Å². The molecule has 0 atom stereocenters. The van der Waals surface area contributed by atoms with Crippen molar-refractivity contribution in [2.24, 2.45) is 0 Å². The molecule has 0 aliphatic rings. The minimum absolute atomic E-state index is 0.0226. The number of nitrogens with zero attached hydrogens (tertiary/aromatic N) is 2. The first kappa shape index (κ1) is 22.3. The van der Waals surface area contributed by atoms with Crippen LogP contribution < -0.4 is 10.9 Å². The Bertz CT molecular complexity index is 1350. The molecule has 0 unspecified atom stereocenters. The number of amides is 1. The molecule has 0 saturated carbocycles. The van der Waals surface area contributed by atoms with Crippen LogP contribution in [0.2, 0.25) is 0 Å². The molecule has 0 aliphatic heterocycles. The lowest BCUT2D eigenvalue weighted by Gasteiger charge is -2.15. The lowest BCUT2D eigenvalue weighted by molar-refractivity contribution is -0.113. The number of aromatic amines is 1. The Morgan fingerprint density at radius 3 is 2.69 bits per heavy atom. The largest absolute Gasteiger partial charge is 0.355 e. The number of hydrogen-bond donors (Lipinski definition) is 2. The highest BCUT2D eigenvalue weighted by Crippen LogP contribution is 2.29. The van der Waals surface area contributed by atoms with Crippen LogP contribution >= 0.6 is 27.7 Å². The van der Waals surface area contributed by atoms with Crippen molar-refractivity contribution in [2.45, 2.75) is 25.0 Å². The summed E-state index contributed by atoms with van der Waals surface area (Å²) in [7, 11) is 0. The molecule has 0 spiro atoms. The fourth-order valence-corrected chi connectivity index (χ4v) is 4.61. The summed E-state index contributed by atoms with van der Waals surface area (Å²) in [6, 6.07) is 13.9. The van der Waals surface area contributed by atoms with Crippen LogP contribution in [-0.2, 0) is 4.79 Å². The van der Waals surface area contributed by atoms with Gasteiger partial charge < -0.3 is 10.3 Å². The van der Waals surface area contributed by atoms with E-state index < -0.39 is 11.7 Å². The third kappa shape index (κ3) is 4.49. The van der Waals surface area contributed by atoms with Crippen LogP contribution in [0.15, 0.2) is 69.2 Å². The van der Waals surface area contributed by atoms with Crippen molar-refractivity contribution in [2.75, 3.05) is 11.1 Å². The Morgan fingerprint density at radius 1 is 1.25 bits per heavy atom. The van der Waals surface area contributed by atoms with Crippen molar-refractivity contribution in [3.8, 4) is 11.1 Å². The molecule has 1 amide bonds. The summed E-state index contributed by atoms with van der Waals surface area (Å²) in [6.45, 7) is 3.77. The van der Waals surface area contributed by atoms with Crippen molar-refractivity contribution in [1.29, 1.82) is 0 Å².